The van der Waals surface area contributed by atoms with E-state index in [-0.39, 0.29) is 11.9 Å². The minimum Gasteiger partial charge on any atom is -0.374 e. The first kappa shape index (κ1) is 13.3. The molecule has 3 aromatic rings. The maximum absolute atomic E-state index is 12.9. The van der Waals surface area contributed by atoms with Crippen molar-refractivity contribution in [3.8, 4) is 11.4 Å². The SMILES string of the molecule is C[C@H](Nc1ccc(F)cc1)c1nc(-c2ccccc2)no1. The van der Waals surface area contributed by atoms with Gasteiger partial charge in [-0.05, 0) is 31.2 Å². The van der Waals surface area contributed by atoms with Crippen LogP contribution in [0.3, 0.4) is 0 Å². The molecular weight excluding hydrogens is 269 g/mol. The average Bonchev–Trinajstić information content (AvgIpc) is 3.00. The summed E-state index contributed by atoms with van der Waals surface area (Å²) in [5, 5.41) is 7.16. The molecule has 0 fully saturated rings. The predicted octanol–water partition coefficient (Wildman–Crippen LogP) is 4.05. The largest absolute Gasteiger partial charge is 0.374 e. The Balaban J connectivity index is 1.75. The molecule has 2 aromatic carbocycles. The molecule has 0 spiro atoms. The molecule has 21 heavy (non-hydrogen) atoms. The Morgan fingerprint density at radius 1 is 1.05 bits per heavy atom. The van der Waals surface area contributed by atoms with E-state index in [1.165, 1.54) is 12.1 Å². The maximum Gasteiger partial charge on any atom is 0.249 e. The summed E-state index contributed by atoms with van der Waals surface area (Å²) in [6.07, 6.45) is 0. The van der Waals surface area contributed by atoms with Crippen molar-refractivity contribution in [1.82, 2.24) is 10.1 Å². The summed E-state index contributed by atoms with van der Waals surface area (Å²) in [5.74, 6) is 0.772. The first-order valence-electron chi connectivity index (χ1n) is 6.63. The fourth-order valence-corrected chi connectivity index (χ4v) is 1.97. The minimum absolute atomic E-state index is 0.166. The van der Waals surface area contributed by atoms with Crippen molar-refractivity contribution in [1.29, 1.82) is 0 Å². The summed E-state index contributed by atoms with van der Waals surface area (Å²) in [7, 11) is 0. The number of nitrogens with one attached hydrogen (secondary N) is 1. The van der Waals surface area contributed by atoms with Gasteiger partial charge in [-0.2, -0.15) is 4.98 Å². The first-order valence-corrected chi connectivity index (χ1v) is 6.63. The van der Waals surface area contributed by atoms with Crippen molar-refractivity contribution in [3.63, 3.8) is 0 Å². The lowest BCUT2D eigenvalue weighted by Crippen LogP contribution is -2.06. The summed E-state index contributed by atoms with van der Waals surface area (Å²) in [6.45, 7) is 1.91. The van der Waals surface area contributed by atoms with Crippen LogP contribution in [-0.4, -0.2) is 10.1 Å². The predicted molar refractivity (Wildman–Crippen MR) is 78.2 cm³/mol. The molecule has 0 aliphatic carbocycles. The van der Waals surface area contributed by atoms with Crippen LogP contribution in [0.15, 0.2) is 59.1 Å². The van der Waals surface area contributed by atoms with Crippen molar-refractivity contribution < 1.29 is 8.91 Å². The molecule has 1 aromatic heterocycles. The van der Waals surface area contributed by atoms with Crippen LogP contribution < -0.4 is 5.32 Å². The summed E-state index contributed by atoms with van der Waals surface area (Å²) in [4.78, 5) is 4.38. The van der Waals surface area contributed by atoms with E-state index in [0.29, 0.717) is 11.7 Å². The van der Waals surface area contributed by atoms with Gasteiger partial charge in [-0.15, -0.1) is 0 Å². The zero-order valence-corrected chi connectivity index (χ0v) is 11.5. The standard InChI is InChI=1S/C16H14FN3O/c1-11(18-14-9-7-13(17)8-10-14)16-19-15(20-21-16)12-5-3-2-4-6-12/h2-11,18H,1H3/t11-/m0/s1. The van der Waals surface area contributed by atoms with E-state index in [1.54, 1.807) is 12.1 Å². The second-order valence-electron chi connectivity index (χ2n) is 4.70. The van der Waals surface area contributed by atoms with Gasteiger partial charge in [0.1, 0.15) is 11.9 Å². The fraction of sp³-hybridized carbons (Fsp3) is 0.125. The van der Waals surface area contributed by atoms with Crippen LogP contribution >= 0.6 is 0 Å². The second-order valence-corrected chi connectivity index (χ2v) is 4.70. The Morgan fingerprint density at radius 3 is 2.48 bits per heavy atom. The number of benzene rings is 2. The van der Waals surface area contributed by atoms with Crippen LogP contribution in [0.2, 0.25) is 0 Å². The van der Waals surface area contributed by atoms with Gasteiger partial charge in [-0.25, -0.2) is 4.39 Å². The van der Waals surface area contributed by atoms with Gasteiger partial charge in [0.2, 0.25) is 11.7 Å². The van der Waals surface area contributed by atoms with Gasteiger partial charge in [-0.3, -0.25) is 0 Å². The summed E-state index contributed by atoms with van der Waals surface area (Å²) >= 11 is 0. The second kappa shape index (κ2) is 5.75. The van der Waals surface area contributed by atoms with Gasteiger partial charge in [-0.1, -0.05) is 35.5 Å². The number of halogens is 1. The van der Waals surface area contributed by atoms with Crippen molar-refractivity contribution >= 4 is 5.69 Å². The summed E-state index contributed by atoms with van der Waals surface area (Å²) in [5.41, 5.74) is 1.70. The highest BCUT2D eigenvalue weighted by Gasteiger charge is 2.15. The monoisotopic (exact) mass is 283 g/mol. The van der Waals surface area contributed by atoms with Crippen LogP contribution in [0.25, 0.3) is 11.4 Å². The van der Waals surface area contributed by atoms with E-state index in [0.717, 1.165) is 11.3 Å². The fourth-order valence-electron chi connectivity index (χ4n) is 1.97. The van der Waals surface area contributed by atoms with E-state index in [4.69, 9.17) is 4.52 Å². The molecule has 0 bridgehead atoms. The van der Waals surface area contributed by atoms with E-state index in [9.17, 15) is 4.39 Å². The third-order valence-corrected chi connectivity index (χ3v) is 3.07. The van der Waals surface area contributed by atoms with Gasteiger partial charge >= 0.3 is 0 Å². The topological polar surface area (TPSA) is 51.0 Å². The number of nitrogens with zero attached hydrogens (tertiary/aromatic N) is 2. The number of hydrogen-bond acceptors (Lipinski definition) is 4. The lowest BCUT2D eigenvalue weighted by atomic mass is 10.2. The third-order valence-electron chi connectivity index (χ3n) is 3.07. The molecule has 0 aliphatic rings. The lowest BCUT2D eigenvalue weighted by molar-refractivity contribution is 0.368. The zero-order chi connectivity index (χ0) is 14.7. The summed E-state index contributed by atoms with van der Waals surface area (Å²) in [6, 6.07) is 15.6. The van der Waals surface area contributed by atoms with E-state index in [2.05, 4.69) is 15.5 Å². The highest BCUT2D eigenvalue weighted by molar-refractivity contribution is 5.53. The van der Waals surface area contributed by atoms with E-state index < -0.39 is 0 Å². The smallest absolute Gasteiger partial charge is 0.249 e. The van der Waals surface area contributed by atoms with E-state index in [1.807, 2.05) is 37.3 Å². The number of hydrogen-bond donors (Lipinski definition) is 1. The normalized spacial score (nSPS) is 12.1. The Labute approximate surface area is 121 Å². The highest BCUT2D eigenvalue weighted by Crippen LogP contribution is 2.21. The molecular formula is C16H14FN3O. The van der Waals surface area contributed by atoms with Crippen molar-refractivity contribution in [2.45, 2.75) is 13.0 Å². The van der Waals surface area contributed by atoms with Crippen LogP contribution in [0, 0.1) is 5.82 Å². The molecule has 4 nitrogen and oxygen atoms in total. The van der Waals surface area contributed by atoms with E-state index >= 15 is 0 Å². The van der Waals surface area contributed by atoms with Crippen LogP contribution in [0.4, 0.5) is 10.1 Å². The molecule has 3 rings (SSSR count). The lowest BCUT2D eigenvalue weighted by Gasteiger charge is -2.10. The summed E-state index contributed by atoms with van der Waals surface area (Å²) < 4.78 is 18.1. The molecule has 1 N–H and O–H groups in total. The van der Waals surface area contributed by atoms with Crippen LogP contribution in [0.5, 0.6) is 0 Å². The molecule has 1 heterocycles. The Bertz CT molecular complexity index is 710. The Hall–Kier alpha value is -2.69. The zero-order valence-electron chi connectivity index (χ0n) is 11.5. The Morgan fingerprint density at radius 2 is 1.76 bits per heavy atom. The highest BCUT2D eigenvalue weighted by atomic mass is 19.1. The molecule has 106 valence electrons. The molecule has 0 saturated carbocycles. The number of rotatable bonds is 4. The average molecular weight is 283 g/mol. The molecule has 0 saturated heterocycles. The van der Waals surface area contributed by atoms with Gasteiger partial charge < -0.3 is 9.84 Å². The van der Waals surface area contributed by atoms with Crippen molar-refractivity contribution in [2.75, 3.05) is 5.32 Å². The molecule has 0 amide bonds. The minimum atomic E-state index is -0.266. The Kier molecular flexibility index (Phi) is 3.64. The van der Waals surface area contributed by atoms with Crippen LogP contribution in [-0.2, 0) is 0 Å². The third kappa shape index (κ3) is 3.08. The molecule has 0 aliphatic heterocycles. The quantitative estimate of drug-likeness (QED) is 0.784. The van der Waals surface area contributed by atoms with Crippen molar-refractivity contribution in [3.05, 3.63) is 66.3 Å². The van der Waals surface area contributed by atoms with Gasteiger partial charge in [0, 0.05) is 11.3 Å². The van der Waals surface area contributed by atoms with Crippen molar-refractivity contribution in [2.24, 2.45) is 0 Å². The first-order chi connectivity index (χ1) is 10.2. The van der Waals surface area contributed by atoms with Gasteiger partial charge in [0.05, 0.1) is 0 Å². The molecule has 1 atom stereocenters. The molecule has 0 unspecified atom stereocenters. The number of anilines is 1. The van der Waals surface area contributed by atoms with Crippen LogP contribution in [0.1, 0.15) is 18.9 Å². The number of aromatic nitrogens is 2. The molecule has 5 heteroatoms. The maximum atomic E-state index is 12.9. The van der Waals surface area contributed by atoms with Gasteiger partial charge in [0.25, 0.3) is 0 Å². The van der Waals surface area contributed by atoms with Gasteiger partial charge in [0.15, 0.2) is 0 Å². The molecule has 0 radical (unpaired) electrons.